The predicted molar refractivity (Wildman–Crippen MR) is 131 cm³/mol. The van der Waals surface area contributed by atoms with Crippen LogP contribution >= 0.6 is 0 Å². The van der Waals surface area contributed by atoms with Crippen LogP contribution in [0.25, 0.3) is 5.69 Å². The zero-order chi connectivity index (χ0) is 25.6. The SMILES string of the molecule is CC(N)=C1Cc2cc(C(F)F)nn2-c2ccc(F)cc2C(C)Oc2cc(cnc2N)C1=NCC1CC1. The van der Waals surface area contributed by atoms with Gasteiger partial charge in [-0.3, -0.25) is 4.99 Å². The van der Waals surface area contributed by atoms with Gasteiger partial charge >= 0.3 is 0 Å². The van der Waals surface area contributed by atoms with E-state index in [0.29, 0.717) is 57.7 Å². The second-order valence-electron chi connectivity index (χ2n) is 9.31. The summed E-state index contributed by atoms with van der Waals surface area (Å²) in [4.78, 5) is 9.20. The Morgan fingerprint density at radius 2 is 2.03 bits per heavy atom. The Hall–Kier alpha value is -3.82. The van der Waals surface area contributed by atoms with E-state index >= 15 is 0 Å². The molecular formula is C26H27F3N6O. The first kappa shape index (κ1) is 23.9. The number of nitrogens with two attached hydrogens (primary N) is 2. The van der Waals surface area contributed by atoms with Crippen molar-refractivity contribution in [2.75, 3.05) is 12.3 Å². The van der Waals surface area contributed by atoms with Gasteiger partial charge in [0.2, 0.25) is 0 Å². The van der Waals surface area contributed by atoms with Gasteiger partial charge < -0.3 is 16.2 Å². The van der Waals surface area contributed by atoms with Crippen molar-refractivity contribution in [1.82, 2.24) is 14.8 Å². The van der Waals surface area contributed by atoms with Crippen molar-refractivity contribution < 1.29 is 17.9 Å². The van der Waals surface area contributed by atoms with Crippen molar-refractivity contribution in [2.45, 2.75) is 45.6 Å². The minimum Gasteiger partial charge on any atom is -0.482 e. The summed E-state index contributed by atoms with van der Waals surface area (Å²) in [7, 11) is 0. The van der Waals surface area contributed by atoms with E-state index in [4.69, 9.17) is 21.2 Å². The fourth-order valence-corrected chi connectivity index (χ4v) is 4.33. The lowest BCUT2D eigenvalue weighted by Gasteiger charge is -2.23. The number of allylic oxidation sites excluding steroid dienone is 2. The number of rotatable bonds is 3. The number of anilines is 1. The highest BCUT2D eigenvalue weighted by Gasteiger charge is 2.27. The molecular weight excluding hydrogens is 469 g/mol. The van der Waals surface area contributed by atoms with Crippen LogP contribution in [-0.4, -0.2) is 27.0 Å². The average Bonchev–Trinajstić information content (AvgIpc) is 3.56. The first-order valence-corrected chi connectivity index (χ1v) is 11.8. The maximum Gasteiger partial charge on any atom is 0.282 e. The van der Waals surface area contributed by atoms with E-state index < -0.39 is 18.3 Å². The third-order valence-corrected chi connectivity index (χ3v) is 6.46. The molecule has 1 fully saturated rings. The number of pyridine rings is 1. The Morgan fingerprint density at radius 1 is 1.25 bits per heavy atom. The molecule has 1 saturated carbocycles. The van der Waals surface area contributed by atoms with Crippen LogP contribution < -0.4 is 16.2 Å². The first-order valence-electron chi connectivity index (χ1n) is 11.8. The second kappa shape index (κ2) is 9.33. The number of halogens is 3. The molecule has 188 valence electrons. The van der Waals surface area contributed by atoms with E-state index in [0.717, 1.165) is 12.8 Å². The van der Waals surface area contributed by atoms with Crippen LogP contribution in [0.5, 0.6) is 5.75 Å². The van der Waals surface area contributed by atoms with Crippen LogP contribution in [0.2, 0.25) is 0 Å². The topological polar surface area (TPSA) is 104 Å². The molecule has 36 heavy (non-hydrogen) atoms. The van der Waals surface area contributed by atoms with Crippen LogP contribution in [0.15, 0.2) is 52.8 Å². The lowest BCUT2D eigenvalue weighted by atomic mass is 9.96. The van der Waals surface area contributed by atoms with Crippen molar-refractivity contribution in [3.05, 3.63) is 76.1 Å². The predicted octanol–water partition coefficient (Wildman–Crippen LogP) is 5.05. The van der Waals surface area contributed by atoms with Gasteiger partial charge in [-0.2, -0.15) is 5.10 Å². The number of aliphatic imine (C=N–C) groups is 1. The van der Waals surface area contributed by atoms with Crippen molar-refractivity contribution in [2.24, 2.45) is 16.6 Å². The monoisotopic (exact) mass is 496 g/mol. The number of ether oxygens (including phenoxy) is 1. The van der Waals surface area contributed by atoms with Gasteiger partial charge in [-0.25, -0.2) is 22.8 Å². The summed E-state index contributed by atoms with van der Waals surface area (Å²) in [6.07, 6.45) is 0.522. The molecule has 1 unspecified atom stereocenters. The zero-order valence-corrected chi connectivity index (χ0v) is 20.0. The summed E-state index contributed by atoms with van der Waals surface area (Å²) < 4.78 is 49.4. The lowest BCUT2D eigenvalue weighted by molar-refractivity contribution is 0.145. The number of alkyl halides is 2. The van der Waals surface area contributed by atoms with Gasteiger partial charge in [-0.1, -0.05) is 0 Å². The summed E-state index contributed by atoms with van der Waals surface area (Å²) in [5.74, 6) is 0.482. The van der Waals surface area contributed by atoms with Gasteiger partial charge in [0.05, 0.1) is 11.4 Å². The van der Waals surface area contributed by atoms with Gasteiger partial charge in [-0.15, -0.1) is 0 Å². The lowest BCUT2D eigenvalue weighted by Crippen LogP contribution is -2.19. The number of nitrogen functional groups attached to an aromatic ring is 1. The van der Waals surface area contributed by atoms with Crippen LogP contribution in [0.4, 0.5) is 19.0 Å². The van der Waals surface area contributed by atoms with Crippen LogP contribution in [0.3, 0.4) is 0 Å². The zero-order valence-electron chi connectivity index (χ0n) is 20.0. The highest BCUT2D eigenvalue weighted by Crippen LogP contribution is 2.35. The Labute approximate surface area is 206 Å². The minimum absolute atomic E-state index is 0.164. The number of nitrogens with zero attached hydrogens (tertiary/aromatic N) is 4. The third-order valence-electron chi connectivity index (χ3n) is 6.46. The largest absolute Gasteiger partial charge is 0.482 e. The summed E-state index contributed by atoms with van der Waals surface area (Å²) in [6.45, 7) is 4.09. The molecule has 1 aromatic carbocycles. The molecule has 1 aliphatic carbocycles. The average molecular weight is 497 g/mol. The van der Waals surface area contributed by atoms with Gasteiger partial charge in [0, 0.05) is 47.3 Å². The molecule has 7 nitrogen and oxygen atoms in total. The minimum atomic E-state index is -2.79. The number of hydrogen-bond acceptors (Lipinski definition) is 6. The van der Waals surface area contributed by atoms with Crippen LogP contribution in [0.1, 0.15) is 61.7 Å². The van der Waals surface area contributed by atoms with Gasteiger partial charge in [0.25, 0.3) is 6.43 Å². The molecule has 4 N–H and O–H groups in total. The number of aromatic nitrogens is 3. The normalized spacial score (nSPS) is 20.3. The molecule has 1 atom stereocenters. The smallest absolute Gasteiger partial charge is 0.282 e. The van der Waals surface area contributed by atoms with E-state index in [1.807, 2.05) is 0 Å². The number of hydrogen-bond donors (Lipinski definition) is 2. The molecule has 3 aromatic rings. The summed E-state index contributed by atoms with van der Waals surface area (Å²) in [5.41, 5.74) is 15.8. The van der Waals surface area contributed by atoms with Crippen molar-refractivity contribution in [3.8, 4) is 11.4 Å². The molecule has 2 aliphatic rings. The molecule has 0 amide bonds. The van der Waals surface area contributed by atoms with Crippen LogP contribution in [0, 0.1) is 11.7 Å². The van der Waals surface area contributed by atoms with Crippen molar-refractivity contribution in [1.29, 1.82) is 0 Å². The quantitative estimate of drug-likeness (QED) is 0.528. The van der Waals surface area contributed by atoms with Crippen molar-refractivity contribution >= 4 is 11.5 Å². The standard InChI is InChI=1S/C26H27F3N6O/c1-13(30)19-9-18-10-21(25(28)29)34-35(18)22-6-5-17(27)8-20(22)14(2)36-23-7-16(12-33-26(23)31)24(19)32-11-15-3-4-15/h5-8,10,12,14-15,25H,3-4,9,11,30H2,1-2H3,(H2,31,33). The van der Waals surface area contributed by atoms with Crippen LogP contribution in [-0.2, 0) is 6.42 Å². The molecule has 0 radical (unpaired) electrons. The summed E-state index contributed by atoms with van der Waals surface area (Å²) in [6, 6.07) is 7.16. The fraction of sp³-hybridized carbons (Fsp3) is 0.346. The summed E-state index contributed by atoms with van der Waals surface area (Å²) >= 11 is 0. The van der Waals surface area contributed by atoms with E-state index in [-0.39, 0.29) is 17.9 Å². The molecule has 10 heteroatoms. The number of benzene rings is 1. The molecule has 1 aliphatic heterocycles. The van der Waals surface area contributed by atoms with E-state index in [1.165, 1.54) is 28.9 Å². The Balaban J connectivity index is 1.77. The van der Waals surface area contributed by atoms with Gasteiger partial charge in [0.1, 0.15) is 17.6 Å². The molecule has 0 spiro atoms. The maximum absolute atomic E-state index is 14.3. The Morgan fingerprint density at radius 3 is 2.72 bits per heavy atom. The molecule has 2 aromatic heterocycles. The first-order chi connectivity index (χ1) is 17.2. The van der Waals surface area contributed by atoms with E-state index in [9.17, 15) is 13.2 Å². The van der Waals surface area contributed by atoms with Crippen molar-refractivity contribution in [3.63, 3.8) is 0 Å². The van der Waals surface area contributed by atoms with E-state index in [2.05, 4.69) is 10.1 Å². The van der Waals surface area contributed by atoms with Gasteiger partial charge in [0.15, 0.2) is 11.6 Å². The molecule has 5 rings (SSSR count). The Bertz CT molecular complexity index is 1370. The molecule has 2 bridgehead atoms. The maximum atomic E-state index is 14.3. The highest BCUT2D eigenvalue weighted by molar-refractivity contribution is 6.13. The molecule has 3 heterocycles. The van der Waals surface area contributed by atoms with Gasteiger partial charge in [-0.05, 0) is 62.9 Å². The highest BCUT2D eigenvalue weighted by atomic mass is 19.3. The molecule has 0 saturated heterocycles. The number of fused-ring (bicyclic) bond motifs is 5. The fourth-order valence-electron chi connectivity index (χ4n) is 4.33. The summed E-state index contributed by atoms with van der Waals surface area (Å²) in [5, 5.41) is 4.18. The second-order valence-corrected chi connectivity index (χ2v) is 9.31. The van der Waals surface area contributed by atoms with E-state index in [1.54, 1.807) is 26.1 Å². The third kappa shape index (κ3) is 4.67. The Kier molecular flexibility index (Phi) is 6.19.